The van der Waals surface area contributed by atoms with E-state index >= 15 is 0 Å². The van der Waals surface area contributed by atoms with Crippen molar-refractivity contribution in [2.24, 2.45) is 11.8 Å². The van der Waals surface area contributed by atoms with E-state index in [0.29, 0.717) is 10.7 Å². The SMILES string of the molecule is Cc1ccc2c(c1)C1c3ccccc3C2C2C(=O)N(c3ccccc3Cl)C(=O)C12. The maximum atomic E-state index is 13.6. The fourth-order valence-corrected chi connectivity index (χ4v) is 5.94. The molecular weight excluding hydrogens is 382 g/mol. The molecule has 2 bridgehead atoms. The number of nitrogens with zero attached hydrogens (tertiary/aromatic N) is 1. The molecule has 3 aromatic carbocycles. The van der Waals surface area contributed by atoms with Crippen LogP contribution in [0.15, 0.2) is 66.7 Å². The maximum Gasteiger partial charge on any atom is 0.238 e. The number of hydrogen-bond acceptors (Lipinski definition) is 2. The molecule has 4 unspecified atom stereocenters. The minimum Gasteiger partial charge on any atom is -0.274 e. The average Bonchev–Trinajstić information content (AvgIpc) is 2.99. The van der Waals surface area contributed by atoms with Crippen LogP contribution in [0, 0.1) is 18.8 Å². The monoisotopic (exact) mass is 399 g/mol. The fourth-order valence-electron chi connectivity index (χ4n) is 5.72. The number of halogens is 1. The van der Waals surface area contributed by atoms with E-state index in [4.69, 9.17) is 11.6 Å². The lowest BCUT2D eigenvalue weighted by atomic mass is 9.55. The average molecular weight is 400 g/mol. The van der Waals surface area contributed by atoms with Crippen LogP contribution in [-0.2, 0) is 9.59 Å². The van der Waals surface area contributed by atoms with Gasteiger partial charge in [-0.15, -0.1) is 0 Å². The molecule has 142 valence electrons. The van der Waals surface area contributed by atoms with Crippen LogP contribution in [0.5, 0.6) is 0 Å². The van der Waals surface area contributed by atoms with Crippen LogP contribution in [-0.4, -0.2) is 11.8 Å². The van der Waals surface area contributed by atoms with Crippen molar-refractivity contribution in [3.63, 3.8) is 0 Å². The van der Waals surface area contributed by atoms with E-state index in [9.17, 15) is 9.59 Å². The van der Waals surface area contributed by atoms with E-state index in [-0.39, 0.29) is 35.5 Å². The molecule has 29 heavy (non-hydrogen) atoms. The Kier molecular flexibility index (Phi) is 3.40. The summed E-state index contributed by atoms with van der Waals surface area (Å²) in [5.41, 5.74) is 6.39. The van der Waals surface area contributed by atoms with Gasteiger partial charge in [-0.3, -0.25) is 9.59 Å². The van der Waals surface area contributed by atoms with Crippen molar-refractivity contribution in [3.05, 3.63) is 99.6 Å². The lowest BCUT2D eigenvalue weighted by Crippen LogP contribution is -2.41. The molecule has 1 aliphatic heterocycles. The lowest BCUT2D eigenvalue weighted by Gasteiger charge is -2.46. The Morgan fingerprint density at radius 2 is 1.28 bits per heavy atom. The summed E-state index contributed by atoms with van der Waals surface area (Å²) in [6, 6.07) is 21.8. The summed E-state index contributed by atoms with van der Waals surface area (Å²) in [7, 11) is 0. The number of hydrogen-bond donors (Lipinski definition) is 0. The van der Waals surface area contributed by atoms with Crippen molar-refractivity contribution in [2.45, 2.75) is 18.8 Å². The molecule has 0 radical (unpaired) electrons. The van der Waals surface area contributed by atoms with Crippen molar-refractivity contribution in [2.75, 3.05) is 4.90 Å². The Bertz CT molecular complexity index is 1220. The number of amides is 2. The predicted molar refractivity (Wildman–Crippen MR) is 112 cm³/mol. The van der Waals surface area contributed by atoms with Crippen LogP contribution < -0.4 is 4.90 Å². The van der Waals surface area contributed by atoms with Gasteiger partial charge in [-0.05, 0) is 41.3 Å². The van der Waals surface area contributed by atoms with Gasteiger partial charge in [0.2, 0.25) is 11.8 Å². The topological polar surface area (TPSA) is 37.4 Å². The molecule has 0 N–H and O–H groups in total. The molecule has 4 atom stereocenters. The fraction of sp³-hybridized carbons (Fsp3) is 0.200. The first-order chi connectivity index (χ1) is 14.1. The van der Waals surface area contributed by atoms with Gasteiger partial charge in [-0.2, -0.15) is 0 Å². The van der Waals surface area contributed by atoms with E-state index in [1.54, 1.807) is 12.1 Å². The molecule has 7 rings (SSSR count). The van der Waals surface area contributed by atoms with Gasteiger partial charge < -0.3 is 0 Å². The zero-order valence-corrected chi connectivity index (χ0v) is 16.6. The Labute approximate surface area is 173 Å². The molecule has 3 aliphatic carbocycles. The molecule has 0 spiro atoms. The number of rotatable bonds is 1. The van der Waals surface area contributed by atoms with Crippen LogP contribution in [0.3, 0.4) is 0 Å². The Morgan fingerprint density at radius 1 is 0.724 bits per heavy atom. The Morgan fingerprint density at radius 3 is 1.93 bits per heavy atom. The number of imide groups is 1. The summed E-state index contributed by atoms with van der Waals surface area (Å²) in [6.45, 7) is 2.07. The quantitative estimate of drug-likeness (QED) is 0.537. The van der Waals surface area contributed by atoms with Gasteiger partial charge in [0.05, 0.1) is 22.5 Å². The zero-order valence-electron chi connectivity index (χ0n) is 15.8. The van der Waals surface area contributed by atoms with Crippen LogP contribution in [0.2, 0.25) is 5.02 Å². The van der Waals surface area contributed by atoms with Crippen molar-refractivity contribution < 1.29 is 9.59 Å². The zero-order chi connectivity index (χ0) is 19.9. The van der Waals surface area contributed by atoms with E-state index < -0.39 is 0 Å². The number of carbonyl (C=O) groups is 2. The number of anilines is 1. The highest BCUT2D eigenvalue weighted by Gasteiger charge is 2.61. The minimum atomic E-state index is -0.382. The summed E-state index contributed by atoms with van der Waals surface area (Å²) in [5, 5.41) is 0.422. The summed E-state index contributed by atoms with van der Waals surface area (Å²) in [6.07, 6.45) is 0. The normalized spacial score (nSPS) is 26.3. The number of aryl methyl sites for hydroxylation is 1. The third-order valence-corrected chi connectivity index (χ3v) is 7.11. The summed E-state index contributed by atoms with van der Waals surface area (Å²) < 4.78 is 0. The molecule has 0 aromatic heterocycles. The molecule has 2 amide bonds. The first kappa shape index (κ1) is 17.0. The second kappa shape index (κ2) is 5.80. The van der Waals surface area contributed by atoms with Crippen molar-refractivity contribution in [1.82, 2.24) is 0 Å². The van der Waals surface area contributed by atoms with Crippen LogP contribution >= 0.6 is 11.6 Å². The standard InChI is InChI=1S/C25H18ClNO2/c1-13-10-11-16-17(12-13)21-15-7-3-2-6-14(15)20(16)22-23(21)25(29)27(24(22)28)19-9-5-4-8-18(19)26/h2-12,20-23H,1H3. The number of para-hydroxylation sites is 1. The van der Waals surface area contributed by atoms with Gasteiger partial charge in [0.15, 0.2) is 0 Å². The summed E-state index contributed by atoms with van der Waals surface area (Å²) in [5.74, 6) is -1.23. The van der Waals surface area contributed by atoms with Gasteiger partial charge in [-0.25, -0.2) is 4.90 Å². The van der Waals surface area contributed by atoms with E-state index in [0.717, 1.165) is 0 Å². The van der Waals surface area contributed by atoms with Gasteiger partial charge in [0.25, 0.3) is 0 Å². The maximum absolute atomic E-state index is 13.6. The molecular formula is C25H18ClNO2. The highest BCUT2D eigenvalue weighted by molar-refractivity contribution is 6.36. The third-order valence-electron chi connectivity index (χ3n) is 6.79. The minimum absolute atomic E-state index is 0.0965. The molecule has 3 nitrogen and oxygen atoms in total. The molecule has 1 heterocycles. The first-order valence-corrected chi connectivity index (χ1v) is 10.3. The second-order valence-corrected chi connectivity index (χ2v) is 8.64. The highest BCUT2D eigenvalue weighted by atomic mass is 35.5. The van der Waals surface area contributed by atoms with E-state index in [1.807, 2.05) is 24.3 Å². The molecule has 4 heteroatoms. The summed E-state index contributed by atoms with van der Waals surface area (Å²) in [4.78, 5) is 28.6. The van der Waals surface area contributed by atoms with Gasteiger partial charge in [0, 0.05) is 11.8 Å². The predicted octanol–water partition coefficient (Wildman–Crippen LogP) is 5.05. The second-order valence-electron chi connectivity index (χ2n) is 8.23. The van der Waals surface area contributed by atoms with Gasteiger partial charge in [-0.1, -0.05) is 71.8 Å². The van der Waals surface area contributed by atoms with Gasteiger partial charge in [0.1, 0.15) is 0 Å². The molecule has 3 aromatic rings. The Balaban J connectivity index is 1.60. The van der Waals surface area contributed by atoms with E-state index in [1.165, 1.54) is 32.7 Å². The van der Waals surface area contributed by atoms with Crippen molar-refractivity contribution >= 4 is 29.1 Å². The van der Waals surface area contributed by atoms with Crippen LogP contribution in [0.25, 0.3) is 0 Å². The molecule has 1 saturated heterocycles. The van der Waals surface area contributed by atoms with Crippen LogP contribution in [0.1, 0.15) is 39.7 Å². The first-order valence-electron chi connectivity index (χ1n) is 9.89. The highest BCUT2D eigenvalue weighted by Crippen LogP contribution is 2.61. The molecule has 1 fully saturated rings. The number of carbonyl (C=O) groups excluding carboxylic acids is 2. The van der Waals surface area contributed by atoms with E-state index in [2.05, 4.69) is 37.3 Å². The van der Waals surface area contributed by atoms with Crippen molar-refractivity contribution in [1.29, 1.82) is 0 Å². The Hall–Kier alpha value is -2.91. The lowest BCUT2D eigenvalue weighted by molar-refractivity contribution is -0.122. The molecule has 0 saturated carbocycles. The molecule has 4 aliphatic rings. The van der Waals surface area contributed by atoms with Gasteiger partial charge >= 0.3 is 0 Å². The smallest absolute Gasteiger partial charge is 0.238 e. The summed E-state index contributed by atoms with van der Waals surface area (Å²) >= 11 is 6.37. The largest absolute Gasteiger partial charge is 0.274 e. The third kappa shape index (κ3) is 2.09. The van der Waals surface area contributed by atoms with Crippen LogP contribution in [0.4, 0.5) is 5.69 Å². The number of benzene rings is 3. The van der Waals surface area contributed by atoms with Crippen molar-refractivity contribution in [3.8, 4) is 0 Å².